The van der Waals surface area contributed by atoms with Crippen LogP contribution in [0.15, 0.2) is 34.0 Å². The second kappa shape index (κ2) is 7.27. The highest BCUT2D eigenvalue weighted by molar-refractivity contribution is 9.10. The molecule has 0 aliphatic carbocycles. The minimum atomic E-state index is -3.82. The standard InChI is InChI=1S/C15H18BrN7O2S/c1-3-23(2)7-9-4-5-10(26(17,24)25)6-11(9)20-14-12-13(16)21-22-15(12)19-8-18-14/h4-6,8H,3,7H2,1-2H3,(H2,17,24,25)(H2,18,19,20,21,22). The number of primary sulfonamides is 1. The maximum absolute atomic E-state index is 11.7. The number of rotatable bonds is 6. The third-order valence-electron chi connectivity index (χ3n) is 3.95. The third kappa shape index (κ3) is 3.85. The fourth-order valence-electron chi connectivity index (χ4n) is 2.43. The Balaban J connectivity index is 2.10. The molecule has 2 aromatic heterocycles. The van der Waals surface area contributed by atoms with Crippen LogP contribution in [0.25, 0.3) is 11.0 Å². The summed E-state index contributed by atoms with van der Waals surface area (Å²) in [5.74, 6) is 0.502. The van der Waals surface area contributed by atoms with Gasteiger partial charge in [-0.15, -0.1) is 0 Å². The van der Waals surface area contributed by atoms with Crippen molar-refractivity contribution in [1.29, 1.82) is 0 Å². The lowest BCUT2D eigenvalue weighted by atomic mass is 10.1. The highest BCUT2D eigenvalue weighted by atomic mass is 79.9. The van der Waals surface area contributed by atoms with Crippen LogP contribution in [0.3, 0.4) is 0 Å². The molecule has 26 heavy (non-hydrogen) atoms. The average molecular weight is 440 g/mol. The molecule has 0 aliphatic rings. The minimum absolute atomic E-state index is 0.0273. The van der Waals surface area contributed by atoms with Crippen LogP contribution in [-0.4, -0.2) is 47.1 Å². The highest BCUT2D eigenvalue weighted by Crippen LogP contribution is 2.30. The summed E-state index contributed by atoms with van der Waals surface area (Å²) in [6.45, 7) is 3.52. The summed E-state index contributed by atoms with van der Waals surface area (Å²) in [7, 11) is -1.84. The maximum atomic E-state index is 11.7. The summed E-state index contributed by atoms with van der Waals surface area (Å²) in [5.41, 5.74) is 2.00. The molecular weight excluding hydrogens is 422 g/mol. The van der Waals surface area contributed by atoms with Crippen LogP contribution in [0.2, 0.25) is 0 Å². The number of hydrogen-bond acceptors (Lipinski definition) is 7. The van der Waals surface area contributed by atoms with Gasteiger partial charge in [0.15, 0.2) is 5.65 Å². The Labute approximate surface area is 159 Å². The number of aromatic nitrogens is 4. The molecule has 3 aromatic rings. The lowest BCUT2D eigenvalue weighted by Crippen LogP contribution is -2.18. The molecule has 0 bridgehead atoms. The number of fused-ring (bicyclic) bond motifs is 1. The SMILES string of the molecule is CCN(C)Cc1ccc(S(N)(=O)=O)cc1Nc1ncnc2n[nH]c(Br)c12. The van der Waals surface area contributed by atoms with Gasteiger partial charge < -0.3 is 10.2 Å². The van der Waals surface area contributed by atoms with E-state index in [0.29, 0.717) is 33.7 Å². The van der Waals surface area contributed by atoms with Crippen LogP contribution in [0.1, 0.15) is 12.5 Å². The Morgan fingerprint density at radius 1 is 1.35 bits per heavy atom. The first kappa shape index (κ1) is 18.7. The zero-order chi connectivity index (χ0) is 18.9. The van der Waals surface area contributed by atoms with Gasteiger partial charge in [-0.25, -0.2) is 23.5 Å². The third-order valence-corrected chi connectivity index (χ3v) is 5.43. The van der Waals surface area contributed by atoms with E-state index in [4.69, 9.17) is 5.14 Å². The van der Waals surface area contributed by atoms with E-state index in [0.717, 1.165) is 12.1 Å². The lowest BCUT2D eigenvalue weighted by Gasteiger charge is -2.18. The predicted octanol–water partition coefficient (Wildman–Crippen LogP) is 1.96. The number of sulfonamides is 1. The molecule has 0 amide bonds. The molecule has 0 radical (unpaired) electrons. The molecule has 11 heteroatoms. The van der Waals surface area contributed by atoms with Crippen LogP contribution in [-0.2, 0) is 16.6 Å². The number of halogens is 1. The van der Waals surface area contributed by atoms with Crippen molar-refractivity contribution >= 4 is 48.5 Å². The van der Waals surface area contributed by atoms with Crippen LogP contribution in [0.5, 0.6) is 0 Å². The van der Waals surface area contributed by atoms with E-state index >= 15 is 0 Å². The van der Waals surface area contributed by atoms with Gasteiger partial charge in [0, 0.05) is 12.2 Å². The van der Waals surface area contributed by atoms with Crippen molar-refractivity contribution in [1.82, 2.24) is 25.1 Å². The smallest absolute Gasteiger partial charge is 0.238 e. The number of nitrogens with one attached hydrogen (secondary N) is 2. The van der Waals surface area contributed by atoms with Gasteiger partial charge in [0.2, 0.25) is 10.0 Å². The summed E-state index contributed by atoms with van der Waals surface area (Å²) in [5, 5.41) is 16.0. The number of benzene rings is 1. The average Bonchev–Trinajstić information content (AvgIpc) is 2.97. The van der Waals surface area contributed by atoms with E-state index in [1.807, 2.05) is 14.0 Å². The Morgan fingerprint density at radius 3 is 2.81 bits per heavy atom. The summed E-state index contributed by atoms with van der Waals surface area (Å²) >= 11 is 3.39. The van der Waals surface area contributed by atoms with Gasteiger partial charge in [-0.05, 0) is 47.2 Å². The van der Waals surface area contributed by atoms with Gasteiger partial charge in [-0.2, -0.15) is 5.10 Å². The minimum Gasteiger partial charge on any atom is -0.339 e. The quantitative estimate of drug-likeness (QED) is 0.534. The number of nitrogens with zero attached hydrogens (tertiary/aromatic N) is 4. The molecule has 0 fully saturated rings. The number of anilines is 2. The molecule has 0 aliphatic heterocycles. The van der Waals surface area contributed by atoms with E-state index in [1.165, 1.54) is 18.5 Å². The predicted molar refractivity (Wildman–Crippen MR) is 102 cm³/mol. The van der Waals surface area contributed by atoms with E-state index in [2.05, 4.69) is 46.3 Å². The van der Waals surface area contributed by atoms with Crippen molar-refractivity contribution in [3.05, 3.63) is 34.7 Å². The van der Waals surface area contributed by atoms with Crippen LogP contribution in [0.4, 0.5) is 11.5 Å². The van der Waals surface area contributed by atoms with Crippen LogP contribution < -0.4 is 10.5 Å². The van der Waals surface area contributed by atoms with Gasteiger partial charge in [-0.3, -0.25) is 5.10 Å². The fraction of sp³-hybridized carbons (Fsp3) is 0.267. The zero-order valence-corrected chi connectivity index (χ0v) is 16.6. The van der Waals surface area contributed by atoms with Gasteiger partial charge in [0.25, 0.3) is 0 Å². The summed E-state index contributed by atoms with van der Waals surface area (Å²) in [4.78, 5) is 10.5. The molecule has 0 saturated heterocycles. The molecule has 138 valence electrons. The number of aromatic amines is 1. The zero-order valence-electron chi connectivity index (χ0n) is 14.2. The molecule has 1 aromatic carbocycles. The van der Waals surface area contributed by atoms with Crippen molar-refractivity contribution in [2.24, 2.45) is 5.14 Å². The molecule has 2 heterocycles. The van der Waals surface area contributed by atoms with Crippen LogP contribution in [0, 0.1) is 0 Å². The molecular formula is C15H18BrN7O2S. The fourth-order valence-corrected chi connectivity index (χ4v) is 3.43. The molecule has 0 atom stereocenters. The van der Waals surface area contributed by atoms with Gasteiger partial charge in [0.05, 0.1) is 10.3 Å². The molecule has 3 rings (SSSR count). The number of H-pyrrole nitrogens is 1. The highest BCUT2D eigenvalue weighted by Gasteiger charge is 2.16. The topological polar surface area (TPSA) is 130 Å². The first-order valence-electron chi connectivity index (χ1n) is 7.75. The van der Waals surface area contributed by atoms with E-state index in [9.17, 15) is 8.42 Å². The number of nitrogens with two attached hydrogens (primary N) is 1. The number of hydrogen-bond donors (Lipinski definition) is 3. The second-order valence-corrected chi connectivity index (χ2v) is 8.13. The first-order valence-corrected chi connectivity index (χ1v) is 10.1. The Hall–Kier alpha value is -2.08. The Bertz CT molecular complexity index is 1050. The van der Waals surface area contributed by atoms with E-state index in [1.54, 1.807) is 6.07 Å². The summed E-state index contributed by atoms with van der Waals surface area (Å²) in [6.07, 6.45) is 1.39. The monoisotopic (exact) mass is 439 g/mol. The van der Waals surface area contributed by atoms with Crippen molar-refractivity contribution in [2.45, 2.75) is 18.4 Å². The summed E-state index contributed by atoms with van der Waals surface area (Å²) in [6, 6.07) is 4.76. The van der Waals surface area contributed by atoms with Crippen LogP contribution >= 0.6 is 15.9 Å². The van der Waals surface area contributed by atoms with Gasteiger partial charge in [-0.1, -0.05) is 13.0 Å². The van der Waals surface area contributed by atoms with E-state index in [-0.39, 0.29) is 4.90 Å². The van der Waals surface area contributed by atoms with Crippen molar-refractivity contribution in [3.63, 3.8) is 0 Å². The van der Waals surface area contributed by atoms with Gasteiger partial charge >= 0.3 is 0 Å². The molecule has 0 spiro atoms. The van der Waals surface area contributed by atoms with Gasteiger partial charge in [0.1, 0.15) is 16.7 Å². The first-order chi connectivity index (χ1) is 12.3. The molecule has 0 unspecified atom stereocenters. The Morgan fingerprint density at radius 2 is 2.12 bits per heavy atom. The molecule has 4 N–H and O–H groups in total. The van der Waals surface area contributed by atoms with Crippen molar-refractivity contribution in [2.75, 3.05) is 18.9 Å². The molecule has 9 nitrogen and oxygen atoms in total. The Kier molecular flexibility index (Phi) is 5.23. The summed E-state index contributed by atoms with van der Waals surface area (Å²) < 4.78 is 24.1. The second-order valence-electron chi connectivity index (χ2n) is 5.78. The largest absolute Gasteiger partial charge is 0.339 e. The van der Waals surface area contributed by atoms with E-state index < -0.39 is 10.0 Å². The lowest BCUT2D eigenvalue weighted by molar-refractivity contribution is 0.346. The molecule has 0 saturated carbocycles. The van der Waals surface area contributed by atoms with Crippen molar-refractivity contribution in [3.8, 4) is 0 Å². The normalized spacial score (nSPS) is 12.0. The maximum Gasteiger partial charge on any atom is 0.238 e. The van der Waals surface area contributed by atoms with Crippen molar-refractivity contribution < 1.29 is 8.42 Å².